The van der Waals surface area contributed by atoms with E-state index >= 15 is 0 Å². The van der Waals surface area contributed by atoms with Crippen LogP contribution < -0.4 is 0 Å². The van der Waals surface area contributed by atoms with E-state index in [0.717, 1.165) is 26.2 Å². The van der Waals surface area contributed by atoms with Gasteiger partial charge < -0.3 is 19.6 Å². The maximum absolute atomic E-state index is 2.51. The average Bonchev–Trinajstić information content (AvgIpc) is 3.34. The highest BCUT2D eigenvalue weighted by molar-refractivity contribution is 5.34. The summed E-state index contributed by atoms with van der Waals surface area (Å²) in [5.74, 6) is 0. The molecule has 3 rings (SSSR count). The molecule has 154 valence electrons. The molecule has 0 radical (unpaired) electrons. The molecule has 0 amide bonds. The standard InChI is InChI=1S/C24H38N4/c1-7-23(27-15-13-25(17-27)19(3)4)21-11-9-10-12-22(21)24(8-2)28-16-14-26(18-28)20(5)6/h9-16,19-20,23-24H,7-8,17-18H2,1-6H3/t23-,24-/m0/s1. The van der Waals surface area contributed by atoms with Crippen LogP contribution in [0.2, 0.25) is 0 Å². The van der Waals surface area contributed by atoms with Gasteiger partial charge in [-0.1, -0.05) is 38.1 Å². The van der Waals surface area contributed by atoms with Gasteiger partial charge in [0.25, 0.3) is 0 Å². The largest absolute Gasteiger partial charge is 0.356 e. The molecule has 2 aliphatic heterocycles. The lowest BCUT2D eigenvalue weighted by Crippen LogP contribution is -2.34. The van der Waals surface area contributed by atoms with Crippen LogP contribution >= 0.6 is 0 Å². The van der Waals surface area contributed by atoms with Gasteiger partial charge in [0.1, 0.15) is 0 Å². The van der Waals surface area contributed by atoms with E-state index in [2.05, 4.69) is 110 Å². The molecular weight excluding hydrogens is 344 g/mol. The first-order chi connectivity index (χ1) is 13.5. The van der Waals surface area contributed by atoms with Crippen LogP contribution in [0.5, 0.6) is 0 Å². The lowest BCUT2D eigenvalue weighted by Gasteiger charge is -2.36. The van der Waals surface area contributed by atoms with E-state index in [-0.39, 0.29) is 0 Å². The van der Waals surface area contributed by atoms with Crippen molar-refractivity contribution in [1.82, 2.24) is 19.6 Å². The van der Waals surface area contributed by atoms with Crippen molar-refractivity contribution in [3.8, 4) is 0 Å². The molecule has 2 heterocycles. The maximum Gasteiger partial charge on any atom is 0.0902 e. The fraction of sp³-hybridized carbons (Fsp3) is 0.583. The van der Waals surface area contributed by atoms with Crippen LogP contribution in [0.15, 0.2) is 49.1 Å². The summed E-state index contributed by atoms with van der Waals surface area (Å²) in [6.45, 7) is 15.6. The monoisotopic (exact) mass is 382 g/mol. The van der Waals surface area contributed by atoms with Gasteiger partial charge >= 0.3 is 0 Å². The Morgan fingerprint density at radius 1 is 0.643 bits per heavy atom. The topological polar surface area (TPSA) is 13.0 Å². The van der Waals surface area contributed by atoms with Gasteiger partial charge in [-0.05, 0) is 51.7 Å². The summed E-state index contributed by atoms with van der Waals surface area (Å²) in [6, 6.07) is 11.0. The minimum Gasteiger partial charge on any atom is -0.356 e. The van der Waals surface area contributed by atoms with E-state index in [1.165, 1.54) is 11.1 Å². The van der Waals surface area contributed by atoms with E-state index in [1.54, 1.807) is 0 Å². The first-order valence-electron chi connectivity index (χ1n) is 10.9. The van der Waals surface area contributed by atoms with Crippen molar-refractivity contribution < 1.29 is 0 Å². The van der Waals surface area contributed by atoms with Crippen molar-refractivity contribution in [2.24, 2.45) is 0 Å². The third-order valence-electron chi connectivity index (χ3n) is 6.17. The average molecular weight is 383 g/mol. The first kappa shape index (κ1) is 20.6. The van der Waals surface area contributed by atoms with Crippen molar-refractivity contribution in [3.63, 3.8) is 0 Å². The molecule has 28 heavy (non-hydrogen) atoms. The lowest BCUT2D eigenvalue weighted by atomic mass is 9.91. The normalized spacial score (nSPS) is 18.9. The van der Waals surface area contributed by atoms with E-state index < -0.39 is 0 Å². The predicted molar refractivity (Wildman–Crippen MR) is 118 cm³/mol. The minimum absolute atomic E-state index is 0.415. The van der Waals surface area contributed by atoms with E-state index in [9.17, 15) is 0 Å². The second-order valence-corrected chi connectivity index (χ2v) is 8.60. The maximum atomic E-state index is 2.51. The highest BCUT2D eigenvalue weighted by atomic mass is 15.4. The molecule has 4 nitrogen and oxygen atoms in total. The molecule has 2 aliphatic rings. The zero-order chi connectivity index (χ0) is 20.3. The Morgan fingerprint density at radius 2 is 1.00 bits per heavy atom. The molecule has 0 aromatic heterocycles. The molecular formula is C24H38N4. The van der Waals surface area contributed by atoms with Gasteiger partial charge in [-0.3, -0.25) is 0 Å². The zero-order valence-electron chi connectivity index (χ0n) is 18.5. The quantitative estimate of drug-likeness (QED) is 0.588. The number of benzene rings is 1. The molecule has 4 heteroatoms. The summed E-state index contributed by atoms with van der Waals surface area (Å²) in [5.41, 5.74) is 2.95. The van der Waals surface area contributed by atoms with Crippen molar-refractivity contribution in [2.75, 3.05) is 13.3 Å². The Balaban J connectivity index is 1.85. The van der Waals surface area contributed by atoms with Crippen molar-refractivity contribution in [3.05, 3.63) is 60.2 Å². The van der Waals surface area contributed by atoms with Crippen molar-refractivity contribution >= 4 is 0 Å². The molecule has 1 aromatic rings. The Labute approximate surface area is 172 Å². The summed E-state index contributed by atoms with van der Waals surface area (Å²) in [5, 5.41) is 0. The van der Waals surface area contributed by atoms with Gasteiger partial charge in [-0.25, -0.2) is 0 Å². The van der Waals surface area contributed by atoms with E-state index in [4.69, 9.17) is 0 Å². The SMILES string of the molecule is CC[C@@H](c1ccccc1[C@H](CC)N1C=CN(C(C)C)C1)N1C=CN(C(C)C)C1. The Hall–Kier alpha value is -2.10. The van der Waals surface area contributed by atoms with Crippen molar-refractivity contribution in [2.45, 2.75) is 78.6 Å². The second kappa shape index (κ2) is 8.93. The third kappa shape index (κ3) is 4.16. The van der Waals surface area contributed by atoms with E-state index in [0.29, 0.717) is 24.2 Å². The van der Waals surface area contributed by atoms with Crippen LogP contribution in [0.3, 0.4) is 0 Å². The summed E-state index contributed by atoms with van der Waals surface area (Å²) < 4.78 is 0. The van der Waals surface area contributed by atoms with Crippen LogP contribution in [0.25, 0.3) is 0 Å². The first-order valence-corrected chi connectivity index (χ1v) is 10.9. The van der Waals surface area contributed by atoms with Gasteiger partial charge in [0.05, 0.1) is 25.4 Å². The zero-order valence-corrected chi connectivity index (χ0v) is 18.5. The molecule has 0 unspecified atom stereocenters. The predicted octanol–water partition coefficient (Wildman–Crippen LogP) is 5.50. The van der Waals surface area contributed by atoms with Gasteiger partial charge in [-0.15, -0.1) is 0 Å². The summed E-state index contributed by atoms with van der Waals surface area (Å²) in [6.07, 6.45) is 11.3. The Bertz CT molecular complexity index is 635. The van der Waals surface area contributed by atoms with Crippen LogP contribution in [-0.4, -0.2) is 45.0 Å². The van der Waals surface area contributed by atoms with Gasteiger partial charge in [0.2, 0.25) is 0 Å². The fourth-order valence-corrected chi connectivity index (χ4v) is 4.37. The molecule has 0 spiro atoms. The third-order valence-corrected chi connectivity index (χ3v) is 6.17. The van der Waals surface area contributed by atoms with E-state index in [1.807, 2.05) is 0 Å². The van der Waals surface area contributed by atoms with Gasteiger partial charge in [0.15, 0.2) is 0 Å². The van der Waals surface area contributed by atoms with Gasteiger partial charge in [-0.2, -0.15) is 0 Å². The molecule has 0 aliphatic carbocycles. The molecule has 0 fully saturated rings. The molecule has 0 saturated carbocycles. The minimum atomic E-state index is 0.415. The number of rotatable bonds is 8. The molecule has 0 saturated heterocycles. The van der Waals surface area contributed by atoms with Crippen LogP contribution in [0.4, 0.5) is 0 Å². The molecule has 2 atom stereocenters. The Kier molecular flexibility index (Phi) is 6.58. The smallest absolute Gasteiger partial charge is 0.0902 e. The van der Waals surface area contributed by atoms with Crippen LogP contribution in [0, 0.1) is 0 Å². The molecule has 0 N–H and O–H groups in total. The van der Waals surface area contributed by atoms with Crippen molar-refractivity contribution in [1.29, 1.82) is 0 Å². The highest BCUT2D eigenvalue weighted by Crippen LogP contribution is 2.37. The second-order valence-electron chi connectivity index (χ2n) is 8.60. The number of hydrogen-bond donors (Lipinski definition) is 0. The lowest BCUT2D eigenvalue weighted by molar-refractivity contribution is 0.174. The van der Waals surface area contributed by atoms with Crippen LogP contribution in [-0.2, 0) is 0 Å². The fourth-order valence-electron chi connectivity index (χ4n) is 4.37. The number of hydrogen-bond acceptors (Lipinski definition) is 4. The van der Waals surface area contributed by atoms with Gasteiger partial charge in [0, 0.05) is 36.9 Å². The number of nitrogens with zero attached hydrogens (tertiary/aromatic N) is 4. The summed E-state index contributed by atoms with van der Waals surface area (Å²) >= 11 is 0. The van der Waals surface area contributed by atoms with Crippen LogP contribution in [0.1, 0.15) is 77.6 Å². The summed E-state index contributed by atoms with van der Waals surface area (Å²) in [7, 11) is 0. The highest BCUT2D eigenvalue weighted by Gasteiger charge is 2.29. The molecule has 1 aromatic carbocycles. The Morgan fingerprint density at radius 3 is 1.29 bits per heavy atom. The summed E-state index contributed by atoms with van der Waals surface area (Å²) in [4.78, 5) is 9.83. The molecule has 0 bridgehead atoms.